The lowest BCUT2D eigenvalue weighted by atomic mass is 9.71. The summed E-state index contributed by atoms with van der Waals surface area (Å²) >= 11 is 0. The van der Waals surface area contributed by atoms with Gasteiger partial charge in [-0.15, -0.1) is 0 Å². The van der Waals surface area contributed by atoms with E-state index in [0.29, 0.717) is 0 Å². The summed E-state index contributed by atoms with van der Waals surface area (Å²) < 4.78 is 0. The molecule has 1 nitrogen and oxygen atoms in total. The first-order valence-corrected chi connectivity index (χ1v) is 5.04. The largest absolute Gasteiger partial charge is 0.316 e. The van der Waals surface area contributed by atoms with Gasteiger partial charge in [0.2, 0.25) is 0 Å². The molecule has 64 valence electrons. The molecule has 1 heterocycles. The first kappa shape index (κ1) is 7.60. The van der Waals surface area contributed by atoms with Crippen LogP contribution in [-0.2, 0) is 0 Å². The number of rotatable bonds is 0. The van der Waals surface area contributed by atoms with Crippen LogP contribution in [0.4, 0.5) is 0 Å². The van der Waals surface area contributed by atoms with Gasteiger partial charge in [0.05, 0.1) is 0 Å². The van der Waals surface area contributed by atoms with E-state index < -0.39 is 0 Å². The highest BCUT2D eigenvalue weighted by Crippen LogP contribution is 2.46. The van der Waals surface area contributed by atoms with E-state index in [1.54, 1.807) is 0 Å². The van der Waals surface area contributed by atoms with Crippen LogP contribution in [0.2, 0.25) is 0 Å². The Balaban J connectivity index is 2.07. The minimum absolute atomic E-state index is 0.720. The average Bonchev–Trinajstić information content (AvgIpc) is 2.46. The minimum Gasteiger partial charge on any atom is -0.316 e. The van der Waals surface area contributed by atoms with Crippen molar-refractivity contribution in [3.8, 4) is 0 Å². The van der Waals surface area contributed by atoms with Crippen LogP contribution in [0.25, 0.3) is 0 Å². The van der Waals surface area contributed by atoms with Crippen LogP contribution < -0.4 is 5.32 Å². The van der Waals surface area contributed by atoms with Crippen LogP contribution in [0.5, 0.6) is 0 Å². The van der Waals surface area contributed by atoms with Crippen molar-refractivity contribution in [2.24, 2.45) is 11.3 Å². The molecular formula is C10H19N. The van der Waals surface area contributed by atoms with Gasteiger partial charge in [0.1, 0.15) is 0 Å². The fourth-order valence-electron chi connectivity index (χ4n) is 2.89. The van der Waals surface area contributed by atoms with E-state index in [-0.39, 0.29) is 0 Å². The van der Waals surface area contributed by atoms with Crippen molar-refractivity contribution >= 4 is 0 Å². The molecule has 1 aliphatic heterocycles. The second kappa shape index (κ2) is 2.78. The maximum atomic E-state index is 3.55. The quantitative estimate of drug-likeness (QED) is 0.562. The van der Waals surface area contributed by atoms with Crippen molar-refractivity contribution in [2.45, 2.75) is 39.0 Å². The summed E-state index contributed by atoms with van der Waals surface area (Å²) in [5, 5.41) is 3.55. The molecule has 0 aromatic rings. The molecule has 2 aliphatic rings. The van der Waals surface area contributed by atoms with E-state index in [1.165, 1.54) is 45.2 Å². The Morgan fingerprint density at radius 1 is 1.27 bits per heavy atom. The number of hydrogen-bond donors (Lipinski definition) is 1. The predicted octanol–water partition coefficient (Wildman–Crippen LogP) is 2.18. The SMILES string of the molecule is C[C@H]1CCNCC12CCCC2. The molecule has 2 rings (SSSR count). The van der Waals surface area contributed by atoms with Gasteiger partial charge in [-0.25, -0.2) is 0 Å². The molecule has 11 heavy (non-hydrogen) atoms. The normalized spacial score (nSPS) is 36.3. The highest BCUT2D eigenvalue weighted by atomic mass is 14.9. The van der Waals surface area contributed by atoms with Crippen molar-refractivity contribution in [3.05, 3.63) is 0 Å². The molecule has 0 aromatic heterocycles. The first-order chi connectivity index (χ1) is 5.33. The average molecular weight is 153 g/mol. The number of nitrogens with one attached hydrogen (secondary N) is 1. The molecule has 1 aliphatic carbocycles. The zero-order valence-electron chi connectivity index (χ0n) is 7.53. The van der Waals surface area contributed by atoms with Crippen molar-refractivity contribution in [2.75, 3.05) is 13.1 Å². The Labute approximate surface area is 69.6 Å². The van der Waals surface area contributed by atoms with Crippen molar-refractivity contribution in [3.63, 3.8) is 0 Å². The fraction of sp³-hybridized carbons (Fsp3) is 1.00. The van der Waals surface area contributed by atoms with Gasteiger partial charge >= 0.3 is 0 Å². The van der Waals surface area contributed by atoms with Crippen LogP contribution in [0.15, 0.2) is 0 Å². The van der Waals surface area contributed by atoms with Gasteiger partial charge in [-0.2, -0.15) is 0 Å². The van der Waals surface area contributed by atoms with Gasteiger partial charge in [0.15, 0.2) is 0 Å². The van der Waals surface area contributed by atoms with Gasteiger partial charge in [0.25, 0.3) is 0 Å². The second-order valence-electron chi connectivity index (χ2n) is 4.44. The summed E-state index contributed by atoms with van der Waals surface area (Å²) in [5.74, 6) is 0.978. The molecule has 0 bridgehead atoms. The van der Waals surface area contributed by atoms with Gasteiger partial charge in [0, 0.05) is 6.54 Å². The van der Waals surface area contributed by atoms with E-state index in [9.17, 15) is 0 Å². The third-order valence-corrected chi connectivity index (χ3v) is 3.88. The van der Waals surface area contributed by atoms with E-state index >= 15 is 0 Å². The Bertz CT molecular complexity index is 136. The molecule has 1 spiro atoms. The van der Waals surface area contributed by atoms with Crippen LogP contribution in [0.3, 0.4) is 0 Å². The van der Waals surface area contributed by atoms with Crippen LogP contribution >= 0.6 is 0 Å². The Hall–Kier alpha value is -0.0400. The van der Waals surface area contributed by atoms with E-state index in [2.05, 4.69) is 12.2 Å². The topological polar surface area (TPSA) is 12.0 Å². The number of piperidine rings is 1. The molecule has 0 aromatic carbocycles. The zero-order valence-corrected chi connectivity index (χ0v) is 7.53. The molecule has 0 unspecified atom stereocenters. The van der Waals surface area contributed by atoms with E-state index in [0.717, 1.165) is 11.3 Å². The van der Waals surface area contributed by atoms with Gasteiger partial charge in [-0.05, 0) is 37.1 Å². The third kappa shape index (κ3) is 1.20. The van der Waals surface area contributed by atoms with Crippen LogP contribution in [0, 0.1) is 11.3 Å². The summed E-state index contributed by atoms with van der Waals surface area (Å²) in [4.78, 5) is 0. The molecular weight excluding hydrogens is 134 g/mol. The predicted molar refractivity (Wildman–Crippen MR) is 47.6 cm³/mol. The minimum atomic E-state index is 0.720. The van der Waals surface area contributed by atoms with E-state index in [4.69, 9.17) is 0 Å². The highest BCUT2D eigenvalue weighted by Gasteiger charge is 2.39. The Kier molecular flexibility index (Phi) is 1.92. The van der Waals surface area contributed by atoms with Crippen molar-refractivity contribution in [1.82, 2.24) is 5.32 Å². The Morgan fingerprint density at radius 3 is 2.64 bits per heavy atom. The summed E-state index contributed by atoms with van der Waals surface area (Å²) in [6.07, 6.45) is 7.33. The summed E-state index contributed by atoms with van der Waals surface area (Å²) in [6.45, 7) is 5.00. The maximum absolute atomic E-state index is 3.55. The first-order valence-electron chi connectivity index (χ1n) is 5.04. The smallest absolute Gasteiger partial charge is 0.00104 e. The van der Waals surface area contributed by atoms with Gasteiger partial charge in [-0.3, -0.25) is 0 Å². The molecule has 0 amide bonds. The summed E-state index contributed by atoms with van der Waals surface area (Å²) in [5.41, 5.74) is 0.720. The molecule has 1 saturated heterocycles. The molecule has 1 N–H and O–H groups in total. The lowest BCUT2D eigenvalue weighted by molar-refractivity contribution is 0.133. The van der Waals surface area contributed by atoms with Crippen molar-refractivity contribution < 1.29 is 0 Å². The molecule has 0 radical (unpaired) electrons. The molecule has 1 atom stereocenters. The number of hydrogen-bond acceptors (Lipinski definition) is 1. The summed E-state index contributed by atoms with van der Waals surface area (Å²) in [7, 11) is 0. The zero-order chi connectivity index (χ0) is 7.73. The fourth-order valence-corrected chi connectivity index (χ4v) is 2.89. The van der Waals surface area contributed by atoms with Crippen molar-refractivity contribution in [1.29, 1.82) is 0 Å². The Morgan fingerprint density at radius 2 is 2.00 bits per heavy atom. The van der Waals surface area contributed by atoms with Gasteiger partial charge in [-0.1, -0.05) is 19.8 Å². The van der Waals surface area contributed by atoms with Gasteiger partial charge < -0.3 is 5.32 Å². The molecule has 1 heteroatoms. The second-order valence-corrected chi connectivity index (χ2v) is 4.44. The standard InChI is InChI=1S/C10H19N/c1-9-4-7-11-8-10(9)5-2-3-6-10/h9,11H,2-8H2,1H3/t9-/m0/s1. The monoisotopic (exact) mass is 153 g/mol. The highest BCUT2D eigenvalue weighted by molar-refractivity contribution is 4.93. The lowest BCUT2D eigenvalue weighted by Crippen LogP contribution is -2.43. The summed E-state index contributed by atoms with van der Waals surface area (Å²) in [6, 6.07) is 0. The van der Waals surface area contributed by atoms with Crippen LogP contribution in [0.1, 0.15) is 39.0 Å². The maximum Gasteiger partial charge on any atom is 0.00104 e. The molecule has 2 fully saturated rings. The van der Waals surface area contributed by atoms with Crippen LogP contribution in [-0.4, -0.2) is 13.1 Å². The lowest BCUT2D eigenvalue weighted by Gasteiger charge is -2.40. The third-order valence-electron chi connectivity index (χ3n) is 3.88. The molecule has 1 saturated carbocycles. The van der Waals surface area contributed by atoms with E-state index in [1.807, 2.05) is 0 Å².